The largest absolute Gasteiger partial charge is 0.504 e. The Morgan fingerprint density at radius 3 is 2.50 bits per heavy atom. The predicted molar refractivity (Wildman–Crippen MR) is 79.4 cm³/mol. The number of ether oxygens (including phenoxy) is 1. The number of hydrogen-bond donors (Lipinski definition) is 1. The van der Waals surface area contributed by atoms with E-state index < -0.39 is 0 Å². The molecule has 112 valence electrons. The maximum absolute atomic E-state index is 12.5. The van der Waals surface area contributed by atoms with Gasteiger partial charge < -0.3 is 19.6 Å². The Morgan fingerprint density at radius 2 is 1.95 bits per heavy atom. The molecule has 5 nitrogen and oxygen atoms in total. The second kappa shape index (κ2) is 7.75. The third-order valence-corrected chi connectivity index (χ3v) is 3.05. The van der Waals surface area contributed by atoms with Crippen molar-refractivity contribution >= 4 is 5.91 Å². The lowest BCUT2D eigenvalue weighted by Gasteiger charge is -2.24. The maximum Gasteiger partial charge on any atom is 0.257 e. The number of rotatable bonds is 7. The van der Waals surface area contributed by atoms with Gasteiger partial charge in [0, 0.05) is 19.6 Å². The van der Waals surface area contributed by atoms with Gasteiger partial charge in [-0.3, -0.25) is 4.79 Å². The highest BCUT2D eigenvalue weighted by Gasteiger charge is 2.20. The fourth-order valence-electron chi connectivity index (χ4n) is 1.94. The molecule has 0 aliphatic carbocycles. The predicted octanol–water partition coefficient (Wildman–Crippen LogP) is 1.81. The van der Waals surface area contributed by atoms with Crippen LogP contribution in [0.5, 0.6) is 11.5 Å². The first-order chi connectivity index (χ1) is 9.51. The summed E-state index contributed by atoms with van der Waals surface area (Å²) >= 11 is 0. The monoisotopic (exact) mass is 280 g/mol. The molecule has 1 aromatic rings. The molecule has 0 aliphatic heterocycles. The summed E-state index contributed by atoms with van der Waals surface area (Å²) in [5.74, 6) is 0.0657. The van der Waals surface area contributed by atoms with Crippen LogP contribution in [0.3, 0.4) is 0 Å². The summed E-state index contributed by atoms with van der Waals surface area (Å²) < 4.78 is 5.04. The summed E-state index contributed by atoms with van der Waals surface area (Å²) in [6.45, 7) is 4.12. The van der Waals surface area contributed by atoms with E-state index in [0.717, 1.165) is 13.0 Å². The maximum atomic E-state index is 12.5. The van der Waals surface area contributed by atoms with Gasteiger partial charge in [0.15, 0.2) is 11.5 Å². The van der Waals surface area contributed by atoms with Gasteiger partial charge in [-0.05, 0) is 32.6 Å². The van der Waals surface area contributed by atoms with Gasteiger partial charge >= 0.3 is 0 Å². The average molecular weight is 280 g/mol. The number of para-hydroxylation sites is 1. The molecule has 0 aromatic heterocycles. The van der Waals surface area contributed by atoms with E-state index >= 15 is 0 Å². The minimum atomic E-state index is -0.162. The van der Waals surface area contributed by atoms with Gasteiger partial charge in [0.25, 0.3) is 5.91 Å². The van der Waals surface area contributed by atoms with Crippen LogP contribution in [0.4, 0.5) is 0 Å². The van der Waals surface area contributed by atoms with Gasteiger partial charge in [-0.15, -0.1) is 0 Å². The molecule has 1 aromatic carbocycles. The minimum absolute atomic E-state index is 0.0917. The molecule has 0 unspecified atom stereocenters. The number of phenolic OH excluding ortho intramolecular Hbond substituents is 1. The van der Waals surface area contributed by atoms with E-state index in [1.807, 2.05) is 25.9 Å². The molecule has 5 heteroatoms. The van der Waals surface area contributed by atoms with Crippen molar-refractivity contribution in [2.45, 2.75) is 13.3 Å². The normalized spacial score (nSPS) is 10.7. The molecular weight excluding hydrogens is 256 g/mol. The van der Waals surface area contributed by atoms with Crippen LogP contribution in [0.2, 0.25) is 0 Å². The SMILES string of the molecule is CCCN(CCN(C)C)C(=O)c1cccc(OC)c1O. The molecule has 20 heavy (non-hydrogen) atoms. The van der Waals surface area contributed by atoms with Gasteiger partial charge in [-0.25, -0.2) is 0 Å². The quantitative estimate of drug-likeness (QED) is 0.827. The molecule has 0 aliphatic rings. The van der Waals surface area contributed by atoms with Gasteiger partial charge in [0.1, 0.15) is 0 Å². The van der Waals surface area contributed by atoms with E-state index in [2.05, 4.69) is 0 Å². The Bertz CT molecular complexity index is 447. The first-order valence-corrected chi connectivity index (χ1v) is 6.81. The Kier molecular flexibility index (Phi) is 6.31. The van der Waals surface area contributed by atoms with E-state index in [4.69, 9.17) is 4.74 Å². The second-order valence-electron chi connectivity index (χ2n) is 4.95. The molecule has 1 N–H and O–H groups in total. The highest BCUT2D eigenvalue weighted by atomic mass is 16.5. The smallest absolute Gasteiger partial charge is 0.257 e. The Hall–Kier alpha value is -1.75. The Labute approximate surface area is 120 Å². The lowest BCUT2D eigenvalue weighted by atomic mass is 10.1. The number of benzene rings is 1. The number of hydrogen-bond acceptors (Lipinski definition) is 4. The van der Waals surface area contributed by atoms with Crippen LogP contribution in [0.15, 0.2) is 18.2 Å². The van der Waals surface area contributed by atoms with Crippen LogP contribution in [0.25, 0.3) is 0 Å². The minimum Gasteiger partial charge on any atom is -0.504 e. The average Bonchev–Trinajstić information content (AvgIpc) is 2.42. The van der Waals surface area contributed by atoms with Crippen LogP contribution in [-0.2, 0) is 0 Å². The third-order valence-electron chi connectivity index (χ3n) is 3.05. The first kappa shape index (κ1) is 16.3. The summed E-state index contributed by atoms with van der Waals surface area (Å²) in [6, 6.07) is 4.97. The molecular formula is C15H24N2O3. The van der Waals surface area contributed by atoms with Crippen molar-refractivity contribution in [1.29, 1.82) is 0 Å². The second-order valence-corrected chi connectivity index (χ2v) is 4.95. The number of carbonyl (C=O) groups is 1. The topological polar surface area (TPSA) is 53.0 Å². The Balaban J connectivity index is 2.94. The summed E-state index contributed by atoms with van der Waals surface area (Å²) in [5, 5.41) is 10.1. The molecule has 0 atom stereocenters. The number of nitrogens with zero attached hydrogens (tertiary/aromatic N) is 2. The van der Waals surface area contributed by atoms with Gasteiger partial charge in [-0.1, -0.05) is 13.0 Å². The molecule has 1 rings (SSSR count). The number of methoxy groups -OCH3 is 1. The first-order valence-electron chi connectivity index (χ1n) is 6.81. The van der Waals surface area contributed by atoms with E-state index in [9.17, 15) is 9.90 Å². The standard InChI is InChI=1S/C15H24N2O3/c1-5-9-17(11-10-16(2)3)15(19)12-7-6-8-13(20-4)14(12)18/h6-8,18H,5,9-11H2,1-4H3. The fourth-order valence-corrected chi connectivity index (χ4v) is 1.94. The zero-order valence-electron chi connectivity index (χ0n) is 12.7. The molecule has 0 saturated carbocycles. The molecule has 0 heterocycles. The molecule has 1 amide bonds. The van der Waals surface area contributed by atoms with Crippen LogP contribution in [0, 0.1) is 0 Å². The zero-order chi connectivity index (χ0) is 15.1. The molecule has 0 fully saturated rings. The number of aromatic hydroxyl groups is 1. The van der Waals surface area contributed by atoms with Crippen molar-refractivity contribution in [1.82, 2.24) is 9.80 Å². The van der Waals surface area contributed by atoms with Crippen molar-refractivity contribution < 1.29 is 14.6 Å². The van der Waals surface area contributed by atoms with Crippen LogP contribution in [0.1, 0.15) is 23.7 Å². The lowest BCUT2D eigenvalue weighted by Crippen LogP contribution is -2.37. The van der Waals surface area contributed by atoms with Crippen LogP contribution >= 0.6 is 0 Å². The third kappa shape index (κ3) is 4.13. The Morgan fingerprint density at radius 1 is 1.25 bits per heavy atom. The van der Waals surface area contributed by atoms with Crippen molar-refractivity contribution in [3.05, 3.63) is 23.8 Å². The molecule has 0 saturated heterocycles. The van der Waals surface area contributed by atoms with Crippen LogP contribution in [-0.4, -0.2) is 61.7 Å². The summed E-state index contributed by atoms with van der Waals surface area (Å²) in [7, 11) is 5.41. The van der Waals surface area contributed by atoms with Gasteiger partial charge in [-0.2, -0.15) is 0 Å². The number of amides is 1. The number of carbonyl (C=O) groups excluding carboxylic acids is 1. The van der Waals surface area contributed by atoms with Gasteiger partial charge in [0.2, 0.25) is 0 Å². The van der Waals surface area contributed by atoms with E-state index in [1.165, 1.54) is 7.11 Å². The van der Waals surface area contributed by atoms with Crippen molar-refractivity contribution in [3.63, 3.8) is 0 Å². The van der Waals surface area contributed by atoms with E-state index in [0.29, 0.717) is 18.8 Å². The van der Waals surface area contributed by atoms with Gasteiger partial charge in [0.05, 0.1) is 12.7 Å². The van der Waals surface area contributed by atoms with Crippen molar-refractivity contribution in [2.75, 3.05) is 40.8 Å². The summed E-state index contributed by atoms with van der Waals surface area (Å²) in [4.78, 5) is 16.3. The summed E-state index contributed by atoms with van der Waals surface area (Å²) in [5.41, 5.74) is 0.288. The number of likely N-dealkylation sites (N-methyl/N-ethyl adjacent to an activating group) is 1. The summed E-state index contributed by atoms with van der Waals surface area (Å²) in [6.07, 6.45) is 0.879. The molecule has 0 bridgehead atoms. The van der Waals surface area contributed by atoms with Crippen molar-refractivity contribution in [2.24, 2.45) is 0 Å². The lowest BCUT2D eigenvalue weighted by molar-refractivity contribution is 0.0741. The zero-order valence-corrected chi connectivity index (χ0v) is 12.7. The van der Waals surface area contributed by atoms with E-state index in [1.54, 1.807) is 23.1 Å². The molecule has 0 radical (unpaired) electrons. The van der Waals surface area contributed by atoms with Crippen LogP contribution < -0.4 is 4.74 Å². The molecule has 0 spiro atoms. The number of phenols is 1. The van der Waals surface area contributed by atoms with Crippen molar-refractivity contribution in [3.8, 4) is 11.5 Å². The van der Waals surface area contributed by atoms with E-state index in [-0.39, 0.29) is 17.2 Å². The fraction of sp³-hybridized carbons (Fsp3) is 0.533. The highest BCUT2D eigenvalue weighted by molar-refractivity contribution is 5.97. The highest BCUT2D eigenvalue weighted by Crippen LogP contribution is 2.30.